The van der Waals surface area contributed by atoms with E-state index in [2.05, 4.69) is 18.9 Å². The van der Waals surface area contributed by atoms with Crippen molar-refractivity contribution < 1.29 is 0 Å². The molecule has 0 aromatic carbocycles. The van der Waals surface area contributed by atoms with Gasteiger partial charge >= 0.3 is 0 Å². The van der Waals surface area contributed by atoms with Crippen LogP contribution in [-0.4, -0.2) is 30.1 Å². The summed E-state index contributed by atoms with van der Waals surface area (Å²) in [5, 5.41) is 0. The summed E-state index contributed by atoms with van der Waals surface area (Å²) < 4.78 is 0. The van der Waals surface area contributed by atoms with Gasteiger partial charge in [0.25, 0.3) is 0 Å². The minimum absolute atomic E-state index is 0.482. The Morgan fingerprint density at radius 1 is 1.13 bits per heavy atom. The molecule has 0 aliphatic heterocycles. The summed E-state index contributed by atoms with van der Waals surface area (Å²) >= 11 is 0. The number of nitrogens with zero attached hydrogens (tertiary/aromatic N) is 1. The third-order valence-electron chi connectivity index (χ3n) is 4.42. The molecule has 2 saturated carbocycles. The van der Waals surface area contributed by atoms with Crippen molar-refractivity contribution in [2.45, 2.75) is 70.0 Å². The van der Waals surface area contributed by atoms with Gasteiger partial charge in [0.15, 0.2) is 0 Å². The first-order valence-corrected chi connectivity index (χ1v) is 6.70. The van der Waals surface area contributed by atoms with Crippen molar-refractivity contribution in [3.8, 4) is 0 Å². The van der Waals surface area contributed by atoms with Crippen LogP contribution in [0.15, 0.2) is 0 Å². The van der Waals surface area contributed by atoms with E-state index in [1.807, 2.05) is 0 Å². The van der Waals surface area contributed by atoms with Gasteiger partial charge in [-0.05, 0) is 57.9 Å². The molecular formula is C13H26N2. The molecular weight excluding hydrogens is 184 g/mol. The molecule has 0 radical (unpaired) electrons. The average molecular weight is 210 g/mol. The summed E-state index contributed by atoms with van der Waals surface area (Å²) in [6, 6.07) is 2.15. The lowest BCUT2D eigenvalue weighted by atomic mass is 9.89. The molecule has 0 heterocycles. The van der Waals surface area contributed by atoms with Gasteiger partial charge in [-0.2, -0.15) is 0 Å². The Balaban J connectivity index is 1.85. The SMILES string of the molecule is CCC(C1CC1)N(C)C1CCC(N)CC1. The van der Waals surface area contributed by atoms with Crippen molar-refractivity contribution >= 4 is 0 Å². The van der Waals surface area contributed by atoms with Crippen LogP contribution in [0.25, 0.3) is 0 Å². The van der Waals surface area contributed by atoms with Crippen molar-refractivity contribution in [2.75, 3.05) is 7.05 Å². The number of hydrogen-bond donors (Lipinski definition) is 1. The first-order valence-electron chi connectivity index (χ1n) is 6.70. The fourth-order valence-electron chi connectivity index (χ4n) is 3.21. The Labute approximate surface area is 94.2 Å². The van der Waals surface area contributed by atoms with E-state index in [0.29, 0.717) is 6.04 Å². The fourth-order valence-corrected chi connectivity index (χ4v) is 3.21. The zero-order valence-electron chi connectivity index (χ0n) is 10.3. The zero-order chi connectivity index (χ0) is 10.8. The predicted molar refractivity (Wildman–Crippen MR) is 64.8 cm³/mol. The van der Waals surface area contributed by atoms with Gasteiger partial charge in [-0.3, -0.25) is 0 Å². The maximum Gasteiger partial charge on any atom is 0.0121 e. The summed E-state index contributed by atoms with van der Waals surface area (Å²) in [6.45, 7) is 2.34. The van der Waals surface area contributed by atoms with Crippen molar-refractivity contribution in [2.24, 2.45) is 11.7 Å². The van der Waals surface area contributed by atoms with Gasteiger partial charge in [0.05, 0.1) is 0 Å². The summed E-state index contributed by atoms with van der Waals surface area (Å²) in [6.07, 6.45) is 9.36. The smallest absolute Gasteiger partial charge is 0.0121 e. The molecule has 0 aromatic heterocycles. The third kappa shape index (κ3) is 2.73. The van der Waals surface area contributed by atoms with E-state index in [1.165, 1.54) is 44.9 Å². The number of hydrogen-bond acceptors (Lipinski definition) is 2. The topological polar surface area (TPSA) is 29.3 Å². The average Bonchev–Trinajstić information content (AvgIpc) is 3.04. The van der Waals surface area contributed by atoms with Crippen LogP contribution in [-0.2, 0) is 0 Å². The van der Waals surface area contributed by atoms with Crippen LogP contribution >= 0.6 is 0 Å². The Kier molecular flexibility index (Phi) is 3.68. The summed E-state index contributed by atoms with van der Waals surface area (Å²) in [5.74, 6) is 1.01. The Hall–Kier alpha value is -0.0800. The maximum atomic E-state index is 5.96. The Bertz CT molecular complexity index is 193. The van der Waals surface area contributed by atoms with Crippen LogP contribution in [0.4, 0.5) is 0 Å². The van der Waals surface area contributed by atoms with Gasteiger partial charge in [0, 0.05) is 18.1 Å². The second-order valence-electron chi connectivity index (χ2n) is 5.55. The summed E-state index contributed by atoms with van der Waals surface area (Å²) in [7, 11) is 2.34. The van der Waals surface area contributed by atoms with Crippen molar-refractivity contribution in [3.63, 3.8) is 0 Å². The van der Waals surface area contributed by atoms with E-state index in [9.17, 15) is 0 Å². The van der Waals surface area contributed by atoms with Gasteiger partial charge in [0.2, 0.25) is 0 Å². The maximum absolute atomic E-state index is 5.96. The van der Waals surface area contributed by atoms with Crippen LogP contribution in [0.3, 0.4) is 0 Å². The molecule has 2 N–H and O–H groups in total. The minimum Gasteiger partial charge on any atom is -0.328 e. The molecule has 0 aromatic rings. The summed E-state index contributed by atoms with van der Waals surface area (Å²) in [5.41, 5.74) is 5.96. The standard InChI is InChI=1S/C13H26N2/c1-3-13(10-4-5-10)15(2)12-8-6-11(14)7-9-12/h10-13H,3-9,14H2,1-2H3. The number of rotatable bonds is 4. The molecule has 0 bridgehead atoms. The van der Waals surface area contributed by atoms with Gasteiger partial charge in [-0.1, -0.05) is 6.92 Å². The van der Waals surface area contributed by atoms with Crippen LogP contribution in [0.5, 0.6) is 0 Å². The first kappa shape index (κ1) is 11.4. The minimum atomic E-state index is 0.482. The number of nitrogens with two attached hydrogens (primary N) is 1. The molecule has 88 valence electrons. The van der Waals surface area contributed by atoms with E-state index in [4.69, 9.17) is 5.73 Å². The van der Waals surface area contributed by atoms with Crippen LogP contribution in [0, 0.1) is 5.92 Å². The monoisotopic (exact) mass is 210 g/mol. The summed E-state index contributed by atoms with van der Waals surface area (Å²) in [4.78, 5) is 2.67. The lowest BCUT2D eigenvalue weighted by molar-refractivity contribution is 0.115. The second-order valence-corrected chi connectivity index (χ2v) is 5.55. The van der Waals surface area contributed by atoms with Gasteiger partial charge in [0.1, 0.15) is 0 Å². The van der Waals surface area contributed by atoms with E-state index in [-0.39, 0.29) is 0 Å². The third-order valence-corrected chi connectivity index (χ3v) is 4.42. The van der Waals surface area contributed by atoms with Gasteiger partial charge in [-0.25, -0.2) is 0 Å². The molecule has 2 nitrogen and oxygen atoms in total. The molecule has 2 fully saturated rings. The zero-order valence-corrected chi connectivity index (χ0v) is 10.3. The van der Waals surface area contributed by atoms with E-state index >= 15 is 0 Å². The van der Waals surface area contributed by atoms with Gasteiger partial charge < -0.3 is 10.6 Å². The second kappa shape index (κ2) is 4.84. The largest absolute Gasteiger partial charge is 0.328 e. The molecule has 0 spiro atoms. The first-order chi connectivity index (χ1) is 7.22. The van der Waals surface area contributed by atoms with E-state index in [0.717, 1.165) is 18.0 Å². The molecule has 2 heteroatoms. The van der Waals surface area contributed by atoms with Gasteiger partial charge in [-0.15, -0.1) is 0 Å². The molecule has 0 amide bonds. The normalized spacial score (nSPS) is 34.4. The van der Waals surface area contributed by atoms with E-state index < -0.39 is 0 Å². The lowest BCUT2D eigenvalue weighted by Gasteiger charge is -2.38. The van der Waals surface area contributed by atoms with E-state index in [1.54, 1.807) is 0 Å². The Morgan fingerprint density at radius 3 is 2.20 bits per heavy atom. The van der Waals surface area contributed by atoms with Crippen LogP contribution in [0.1, 0.15) is 51.9 Å². The molecule has 2 aliphatic rings. The molecule has 1 atom stereocenters. The highest BCUT2D eigenvalue weighted by molar-refractivity contribution is 4.90. The predicted octanol–water partition coefficient (Wildman–Crippen LogP) is 2.38. The molecule has 2 aliphatic carbocycles. The molecule has 15 heavy (non-hydrogen) atoms. The molecule has 2 rings (SSSR count). The van der Waals surface area contributed by atoms with Crippen LogP contribution in [0.2, 0.25) is 0 Å². The highest BCUT2D eigenvalue weighted by Crippen LogP contribution is 2.38. The quantitative estimate of drug-likeness (QED) is 0.772. The van der Waals surface area contributed by atoms with Crippen molar-refractivity contribution in [1.82, 2.24) is 4.90 Å². The van der Waals surface area contributed by atoms with Crippen molar-refractivity contribution in [3.05, 3.63) is 0 Å². The molecule has 1 unspecified atom stereocenters. The highest BCUT2D eigenvalue weighted by atomic mass is 15.2. The Morgan fingerprint density at radius 2 is 1.73 bits per heavy atom. The molecule has 0 saturated heterocycles. The van der Waals surface area contributed by atoms with Crippen molar-refractivity contribution in [1.29, 1.82) is 0 Å². The van der Waals surface area contributed by atoms with Crippen LogP contribution < -0.4 is 5.73 Å². The fraction of sp³-hybridized carbons (Fsp3) is 1.00. The highest BCUT2D eigenvalue weighted by Gasteiger charge is 2.35. The lowest BCUT2D eigenvalue weighted by Crippen LogP contribution is -2.44.